The molecule has 0 aromatic carbocycles. The van der Waals surface area contributed by atoms with E-state index in [0.717, 1.165) is 0 Å². The van der Waals surface area contributed by atoms with E-state index in [2.05, 4.69) is 23.8 Å². The van der Waals surface area contributed by atoms with Crippen LogP contribution in [0.4, 0.5) is 9.59 Å². The second-order valence-electron chi connectivity index (χ2n) is 6.98. The zero-order chi connectivity index (χ0) is 22.4. The molecule has 0 rings (SSSR count). The van der Waals surface area contributed by atoms with Gasteiger partial charge in [-0.3, -0.25) is 0 Å². The van der Waals surface area contributed by atoms with Gasteiger partial charge in [0.1, 0.15) is 26.4 Å². The number of ether oxygens (including phenoxy) is 4. The molecular formula is C19H30N2O8. The van der Waals surface area contributed by atoms with Gasteiger partial charge in [0.15, 0.2) is 0 Å². The molecule has 0 spiro atoms. The number of esters is 2. The van der Waals surface area contributed by atoms with E-state index in [1.54, 1.807) is 0 Å². The maximum absolute atomic E-state index is 11.6. The lowest BCUT2D eigenvalue weighted by Crippen LogP contribution is -2.42. The predicted octanol–water partition coefficient (Wildman–Crippen LogP) is 1.70. The fourth-order valence-electron chi connectivity index (χ4n) is 1.57. The molecule has 0 unspecified atom stereocenters. The minimum Gasteiger partial charge on any atom is -0.459 e. The van der Waals surface area contributed by atoms with Crippen molar-refractivity contribution in [2.45, 2.75) is 27.7 Å². The van der Waals surface area contributed by atoms with Gasteiger partial charge in [-0.1, -0.05) is 27.0 Å². The topological polar surface area (TPSA) is 129 Å². The number of rotatable bonds is 12. The van der Waals surface area contributed by atoms with Crippen LogP contribution in [-0.2, 0) is 28.5 Å². The summed E-state index contributed by atoms with van der Waals surface area (Å²) in [6, 6.07) is 0. The Bertz CT molecular complexity index is 576. The van der Waals surface area contributed by atoms with Crippen LogP contribution in [0.1, 0.15) is 27.7 Å². The summed E-state index contributed by atoms with van der Waals surface area (Å²) in [5, 5.41) is 5.11. The van der Waals surface area contributed by atoms with Crippen molar-refractivity contribution < 1.29 is 38.1 Å². The molecule has 0 saturated heterocycles. The lowest BCUT2D eigenvalue weighted by atomic mass is 9.93. The van der Waals surface area contributed by atoms with E-state index in [9.17, 15) is 19.2 Å². The molecule has 0 saturated carbocycles. The molecule has 0 aliphatic heterocycles. The van der Waals surface area contributed by atoms with Gasteiger partial charge in [-0.05, 0) is 19.3 Å². The molecule has 0 bridgehead atoms. The number of alkyl carbamates (subject to hydrolysis) is 2. The molecule has 0 aliphatic rings. The van der Waals surface area contributed by atoms with Gasteiger partial charge in [0, 0.05) is 24.2 Å². The van der Waals surface area contributed by atoms with Crippen molar-refractivity contribution in [3.63, 3.8) is 0 Å². The largest absolute Gasteiger partial charge is 0.459 e. The van der Waals surface area contributed by atoms with Crippen molar-refractivity contribution in [3.05, 3.63) is 24.3 Å². The maximum Gasteiger partial charge on any atom is 0.407 e. The number of nitrogens with one attached hydrogen (secondary N) is 2. The SMILES string of the molecule is C=C(C)C(=O)OCCOC(=O)NCC(C)(C)CNC(=O)OCCOC(=O)C(=C)C. The first-order chi connectivity index (χ1) is 13.4. The van der Waals surface area contributed by atoms with Crippen LogP contribution in [0, 0.1) is 5.41 Å². The Morgan fingerprint density at radius 3 is 1.31 bits per heavy atom. The Labute approximate surface area is 170 Å². The van der Waals surface area contributed by atoms with Crippen LogP contribution < -0.4 is 10.6 Å². The zero-order valence-corrected chi connectivity index (χ0v) is 17.4. The van der Waals surface area contributed by atoms with Gasteiger partial charge in [0.2, 0.25) is 0 Å². The quantitative estimate of drug-likeness (QED) is 0.214. The lowest BCUT2D eigenvalue weighted by Gasteiger charge is -2.24. The van der Waals surface area contributed by atoms with Gasteiger partial charge in [0.25, 0.3) is 0 Å². The molecule has 0 aromatic heterocycles. The fourth-order valence-corrected chi connectivity index (χ4v) is 1.57. The number of amides is 2. The normalized spacial score (nSPS) is 10.3. The summed E-state index contributed by atoms with van der Waals surface area (Å²) in [6.07, 6.45) is -1.35. The first-order valence-electron chi connectivity index (χ1n) is 8.91. The molecule has 164 valence electrons. The maximum atomic E-state index is 11.6. The van der Waals surface area contributed by atoms with Crippen LogP contribution in [0.25, 0.3) is 0 Å². The number of hydrogen-bond donors (Lipinski definition) is 2. The van der Waals surface area contributed by atoms with E-state index in [-0.39, 0.29) is 50.7 Å². The van der Waals surface area contributed by atoms with E-state index in [0.29, 0.717) is 0 Å². The van der Waals surface area contributed by atoms with E-state index >= 15 is 0 Å². The summed E-state index contributed by atoms with van der Waals surface area (Å²) in [5.74, 6) is -1.11. The Balaban J connectivity index is 3.93. The molecule has 0 aromatic rings. The average Bonchev–Trinajstić information content (AvgIpc) is 2.64. The summed E-state index contributed by atoms with van der Waals surface area (Å²) < 4.78 is 19.3. The molecule has 0 radical (unpaired) electrons. The molecule has 2 amide bonds. The number of carbonyl (C=O) groups is 4. The van der Waals surface area contributed by atoms with Crippen molar-refractivity contribution in [2.24, 2.45) is 5.41 Å². The smallest absolute Gasteiger partial charge is 0.407 e. The van der Waals surface area contributed by atoms with E-state index < -0.39 is 29.5 Å². The van der Waals surface area contributed by atoms with Gasteiger partial charge < -0.3 is 29.6 Å². The first kappa shape index (κ1) is 26.0. The molecule has 29 heavy (non-hydrogen) atoms. The van der Waals surface area contributed by atoms with E-state index in [4.69, 9.17) is 18.9 Å². The van der Waals surface area contributed by atoms with Crippen molar-refractivity contribution in [1.82, 2.24) is 10.6 Å². The van der Waals surface area contributed by atoms with Gasteiger partial charge in [-0.2, -0.15) is 0 Å². The Morgan fingerprint density at radius 2 is 1.00 bits per heavy atom. The van der Waals surface area contributed by atoms with Crippen LogP contribution in [-0.4, -0.2) is 63.6 Å². The van der Waals surface area contributed by atoms with Crippen LogP contribution in [0.2, 0.25) is 0 Å². The van der Waals surface area contributed by atoms with Crippen molar-refractivity contribution in [3.8, 4) is 0 Å². The second-order valence-corrected chi connectivity index (χ2v) is 6.98. The Kier molecular flexibility index (Phi) is 11.8. The van der Waals surface area contributed by atoms with Crippen LogP contribution in [0.3, 0.4) is 0 Å². The second kappa shape index (κ2) is 13.2. The summed E-state index contributed by atoms with van der Waals surface area (Å²) in [5.41, 5.74) is 0.0295. The average molecular weight is 414 g/mol. The minimum absolute atomic E-state index is 0.0718. The monoisotopic (exact) mass is 414 g/mol. The van der Waals surface area contributed by atoms with Gasteiger partial charge in [-0.25, -0.2) is 19.2 Å². The first-order valence-corrected chi connectivity index (χ1v) is 8.91. The fraction of sp³-hybridized carbons (Fsp3) is 0.579. The highest BCUT2D eigenvalue weighted by Gasteiger charge is 2.21. The highest BCUT2D eigenvalue weighted by molar-refractivity contribution is 5.87. The van der Waals surface area contributed by atoms with Crippen molar-refractivity contribution in [2.75, 3.05) is 39.5 Å². The molecule has 2 N–H and O–H groups in total. The van der Waals surface area contributed by atoms with Crippen molar-refractivity contribution >= 4 is 24.1 Å². The highest BCUT2D eigenvalue weighted by atomic mass is 16.6. The van der Waals surface area contributed by atoms with Crippen LogP contribution in [0.5, 0.6) is 0 Å². The molecule has 0 atom stereocenters. The summed E-state index contributed by atoms with van der Waals surface area (Å²) >= 11 is 0. The standard InChI is InChI=1S/C19H30N2O8/c1-13(2)15(22)26-7-9-28-17(24)20-11-19(5,6)12-21-18(25)29-10-8-27-16(23)14(3)4/h1,3,7-12H2,2,4-6H3,(H,20,24)(H,21,25). The molecule has 10 nitrogen and oxygen atoms in total. The third-order valence-corrected chi connectivity index (χ3v) is 3.22. The van der Waals surface area contributed by atoms with Gasteiger partial charge >= 0.3 is 24.1 Å². The Morgan fingerprint density at radius 1 is 0.690 bits per heavy atom. The summed E-state index contributed by atoms with van der Waals surface area (Å²) in [7, 11) is 0. The summed E-state index contributed by atoms with van der Waals surface area (Å²) in [4.78, 5) is 45.6. The summed E-state index contributed by atoms with van der Waals surface area (Å²) in [6.45, 7) is 13.6. The minimum atomic E-state index is -0.675. The molecular weight excluding hydrogens is 384 g/mol. The third-order valence-electron chi connectivity index (χ3n) is 3.22. The van der Waals surface area contributed by atoms with Gasteiger partial charge in [-0.15, -0.1) is 0 Å². The van der Waals surface area contributed by atoms with Crippen molar-refractivity contribution in [1.29, 1.82) is 0 Å². The number of hydrogen-bond acceptors (Lipinski definition) is 8. The Hall–Kier alpha value is -3.04. The molecule has 0 aliphatic carbocycles. The van der Waals surface area contributed by atoms with Crippen LogP contribution in [0.15, 0.2) is 24.3 Å². The zero-order valence-electron chi connectivity index (χ0n) is 17.4. The predicted molar refractivity (Wildman–Crippen MR) is 104 cm³/mol. The molecule has 0 heterocycles. The lowest BCUT2D eigenvalue weighted by molar-refractivity contribution is -0.140. The highest BCUT2D eigenvalue weighted by Crippen LogP contribution is 2.11. The molecule has 0 fully saturated rings. The van der Waals surface area contributed by atoms with E-state index in [1.165, 1.54) is 13.8 Å². The molecule has 10 heteroatoms. The van der Waals surface area contributed by atoms with E-state index in [1.807, 2.05) is 13.8 Å². The van der Waals surface area contributed by atoms with Crippen LogP contribution >= 0.6 is 0 Å². The van der Waals surface area contributed by atoms with Gasteiger partial charge in [0.05, 0.1) is 0 Å². The number of carbonyl (C=O) groups excluding carboxylic acids is 4. The third kappa shape index (κ3) is 13.7.